The lowest BCUT2D eigenvalue weighted by atomic mass is 9.86. The minimum absolute atomic E-state index is 0.0153. The molecular formula is C33H33ClFN5O. The Morgan fingerprint density at radius 1 is 1.07 bits per heavy atom. The van der Waals surface area contributed by atoms with Gasteiger partial charge in [-0.05, 0) is 86.5 Å². The number of nitrogens with zero attached hydrogens (tertiary/aromatic N) is 5. The summed E-state index contributed by atoms with van der Waals surface area (Å²) in [4.78, 5) is 18.3. The van der Waals surface area contributed by atoms with Gasteiger partial charge in [0, 0.05) is 30.6 Å². The number of halogens is 2. The Hall–Kier alpha value is -3.73. The molecule has 1 aliphatic carbocycles. The summed E-state index contributed by atoms with van der Waals surface area (Å²) in [6.07, 6.45) is 13.9. The molecule has 0 saturated carbocycles. The number of nitriles is 1. The van der Waals surface area contributed by atoms with Crippen molar-refractivity contribution in [3.63, 3.8) is 0 Å². The third-order valence-corrected chi connectivity index (χ3v) is 9.00. The van der Waals surface area contributed by atoms with Crippen LogP contribution < -0.4 is 0 Å². The number of hydrogen-bond donors (Lipinski definition) is 0. The number of aromatic nitrogens is 2. The van der Waals surface area contributed by atoms with Gasteiger partial charge in [0.2, 0.25) is 0 Å². The van der Waals surface area contributed by atoms with Gasteiger partial charge in [0.25, 0.3) is 5.91 Å². The van der Waals surface area contributed by atoms with E-state index in [1.165, 1.54) is 11.6 Å². The Morgan fingerprint density at radius 3 is 2.59 bits per heavy atom. The molecule has 41 heavy (non-hydrogen) atoms. The number of carbonyl (C=O) groups excluding carboxylic acids is 1. The average molecular weight is 570 g/mol. The van der Waals surface area contributed by atoms with Crippen molar-refractivity contribution < 1.29 is 9.18 Å². The maximum Gasteiger partial charge on any atom is 0.257 e. The van der Waals surface area contributed by atoms with Gasteiger partial charge in [-0.3, -0.25) is 9.69 Å². The Bertz CT molecular complexity index is 1510. The summed E-state index contributed by atoms with van der Waals surface area (Å²) in [5.41, 5.74) is 3.49. The number of benzene rings is 2. The molecule has 6 rings (SSSR count). The smallest absolute Gasteiger partial charge is 0.257 e. The minimum Gasteiger partial charge on any atom is -0.338 e. The average Bonchev–Trinajstić information content (AvgIpc) is 3.67. The highest BCUT2D eigenvalue weighted by molar-refractivity contribution is 6.30. The van der Waals surface area contributed by atoms with Crippen molar-refractivity contribution in [2.24, 2.45) is 11.8 Å². The fraction of sp³-hybridized carbons (Fsp3) is 0.364. The van der Waals surface area contributed by atoms with Gasteiger partial charge in [-0.1, -0.05) is 48.0 Å². The van der Waals surface area contributed by atoms with Crippen molar-refractivity contribution in [3.05, 3.63) is 106 Å². The Kier molecular flexibility index (Phi) is 8.04. The van der Waals surface area contributed by atoms with Gasteiger partial charge in [-0.2, -0.15) is 10.4 Å². The van der Waals surface area contributed by atoms with E-state index < -0.39 is 5.82 Å². The molecule has 3 heterocycles. The zero-order valence-corrected chi connectivity index (χ0v) is 23.7. The number of amides is 1. The topological polar surface area (TPSA) is 65.2 Å². The second-order valence-electron chi connectivity index (χ2n) is 11.3. The van der Waals surface area contributed by atoms with Crippen molar-refractivity contribution in [2.45, 2.75) is 38.1 Å². The molecule has 1 amide bonds. The van der Waals surface area contributed by atoms with Gasteiger partial charge < -0.3 is 4.90 Å². The molecule has 1 unspecified atom stereocenters. The van der Waals surface area contributed by atoms with Crippen LogP contribution in [0.2, 0.25) is 5.02 Å². The van der Waals surface area contributed by atoms with Crippen LogP contribution in [-0.2, 0) is 6.54 Å². The summed E-state index contributed by atoms with van der Waals surface area (Å²) in [6, 6.07) is 14.5. The molecule has 3 aromatic rings. The summed E-state index contributed by atoms with van der Waals surface area (Å²) < 4.78 is 16.8. The van der Waals surface area contributed by atoms with Crippen LogP contribution in [0.15, 0.2) is 73.0 Å². The van der Waals surface area contributed by atoms with E-state index in [0.29, 0.717) is 33.7 Å². The molecular weight excluding hydrogens is 537 g/mol. The first-order valence-electron chi connectivity index (χ1n) is 14.4. The van der Waals surface area contributed by atoms with E-state index in [1.807, 2.05) is 29.2 Å². The molecule has 2 aromatic carbocycles. The Morgan fingerprint density at radius 2 is 1.88 bits per heavy atom. The number of likely N-dealkylation sites (tertiary alicyclic amines) is 2. The Labute approximate surface area is 245 Å². The van der Waals surface area contributed by atoms with Gasteiger partial charge >= 0.3 is 0 Å². The molecule has 0 spiro atoms. The van der Waals surface area contributed by atoms with Crippen molar-refractivity contribution in [1.29, 1.82) is 5.26 Å². The van der Waals surface area contributed by atoms with Crippen LogP contribution in [0.5, 0.6) is 0 Å². The molecule has 210 valence electrons. The number of allylic oxidation sites excluding steroid dienone is 4. The lowest BCUT2D eigenvalue weighted by Gasteiger charge is -2.33. The SMILES string of the molecule is N#Cc1ccc(CN2CCC(c3c(C(=O)N4CC[C@H](C5C=CC=CC5)C4)cnn3-c3ccc(Cl)cc3F)CC2)cc1. The normalized spacial score (nSPS) is 21.3. The highest BCUT2D eigenvalue weighted by Crippen LogP contribution is 2.36. The predicted octanol–water partition coefficient (Wildman–Crippen LogP) is 6.51. The maximum atomic E-state index is 15.1. The summed E-state index contributed by atoms with van der Waals surface area (Å²) >= 11 is 6.05. The lowest BCUT2D eigenvalue weighted by Crippen LogP contribution is -2.35. The van der Waals surface area contributed by atoms with Gasteiger partial charge in [-0.25, -0.2) is 9.07 Å². The summed E-state index contributed by atoms with van der Waals surface area (Å²) in [5.74, 6) is 0.492. The van der Waals surface area contributed by atoms with Crippen LogP contribution in [0.25, 0.3) is 5.69 Å². The quantitative estimate of drug-likeness (QED) is 0.339. The minimum atomic E-state index is -0.461. The van der Waals surface area contributed by atoms with E-state index in [4.69, 9.17) is 16.9 Å². The zero-order valence-electron chi connectivity index (χ0n) is 22.9. The monoisotopic (exact) mass is 569 g/mol. The predicted molar refractivity (Wildman–Crippen MR) is 157 cm³/mol. The molecule has 0 bridgehead atoms. The van der Waals surface area contributed by atoms with Crippen molar-refractivity contribution in [2.75, 3.05) is 26.2 Å². The van der Waals surface area contributed by atoms with Gasteiger partial charge in [0.1, 0.15) is 11.5 Å². The van der Waals surface area contributed by atoms with Crippen LogP contribution in [0.3, 0.4) is 0 Å². The second-order valence-corrected chi connectivity index (χ2v) is 11.8. The van der Waals surface area contributed by atoms with E-state index in [1.54, 1.807) is 23.0 Å². The fourth-order valence-corrected chi connectivity index (χ4v) is 6.67. The summed E-state index contributed by atoms with van der Waals surface area (Å²) in [6.45, 7) is 3.94. The van der Waals surface area contributed by atoms with Crippen molar-refractivity contribution >= 4 is 17.5 Å². The fourth-order valence-electron chi connectivity index (χ4n) is 6.51. The second kappa shape index (κ2) is 12.0. The molecule has 1 aromatic heterocycles. The summed E-state index contributed by atoms with van der Waals surface area (Å²) in [5, 5.41) is 14.0. The first-order valence-corrected chi connectivity index (χ1v) is 14.8. The zero-order chi connectivity index (χ0) is 28.3. The van der Waals surface area contributed by atoms with Crippen LogP contribution in [0.4, 0.5) is 4.39 Å². The highest BCUT2D eigenvalue weighted by Gasteiger charge is 2.35. The number of carbonyl (C=O) groups is 1. The van der Waals surface area contributed by atoms with Crippen molar-refractivity contribution in [3.8, 4) is 11.8 Å². The molecule has 0 radical (unpaired) electrons. The van der Waals surface area contributed by atoms with Crippen molar-refractivity contribution in [1.82, 2.24) is 19.6 Å². The van der Waals surface area contributed by atoms with Crippen LogP contribution in [0, 0.1) is 29.0 Å². The van der Waals surface area contributed by atoms with Gasteiger partial charge in [0.15, 0.2) is 0 Å². The molecule has 3 aliphatic rings. The van der Waals surface area contributed by atoms with E-state index in [2.05, 4.69) is 40.4 Å². The highest BCUT2D eigenvalue weighted by atomic mass is 35.5. The van der Waals surface area contributed by atoms with Crippen LogP contribution in [-0.4, -0.2) is 51.7 Å². The van der Waals surface area contributed by atoms with E-state index >= 15 is 4.39 Å². The molecule has 2 fully saturated rings. The van der Waals surface area contributed by atoms with Gasteiger partial charge in [-0.15, -0.1) is 0 Å². The standard InChI is InChI=1S/C33H33ClFN5O/c34-28-10-11-31(30(35)18-28)40-32(26-12-15-38(16-13-26)21-24-8-6-23(19-36)7-9-24)29(20-37-40)33(41)39-17-14-27(22-39)25-4-2-1-3-5-25/h1-4,6-11,18,20,25-27H,5,12-17,21-22H2/t25?,27-/m0/s1. The molecule has 2 saturated heterocycles. The van der Waals surface area contributed by atoms with E-state index in [9.17, 15) is 4.79 Å². The Balaban J connectivity index is 1.23. The maximum absolute atomic E-state index is 15.1. The third-order valence-electron chi connectivity index (χ3n) is 8.77. The van der Waals surface area contributed by atoms with Gasteiger partial charge in [0.05, 0.1) is 29.1 Å². The lowest BCUT2D eigenvalue weighted by molar-refractivity contribution is 0.0781. The van der Waals surface area contributed by atoms with E-state index in [0.717, 1.165) is 64.1 Å². The summed E-state index contributed by atoms with van der Waals surface area (Å²) in [7, 11) is 0. The van der Waals surface area contributed by atoms with Crippen LogP contribution >= 0.6 is 11.6 Å². The first-order chi connectivity index (χ1) is 20.0. The third kappa shape index (κ3) is 5.86. The number of hydrogen-bond acceptors (Lipinski definition) is 4. The first kappa shape index (κ1) is 27.4. The number of piperidine rings is 1. The van der Waals surface area contributed by atoms with Crippen LogP contribution in [0.1, 0.15) is 58.8 Å². The largest absolute Gasteiger partial charge is 0.338 e. The molecule has 0 N–H and O–H groups in total. The molecule has 2 atom stereocenters. The molecule has 8 heteroatoms. The molecule has 6 nitrogen and oxygen atoms in total. The van der Waals surface area contributed by atoms with E-state index in [-0.39, 0.29) is 11.8 Å². The number of rotatable bonds is 6. The molecule has 2 aliphatic heterocycles.